The van der Waals surface area contributed by atoms with Gasteiger partial charge in [0.15, 0.2) is 0 Å². The molecule has 4 aromatic carbocycles. The van der Waals surface area contributed by atoms with Crippen LogP contribution >= 0.6 is 0 Å². The van der Waals surface area contributed by atoms with E-state index in [0.717, 1.165) is 33.0 Å². The highest BCUT2D eigenvalue weighted by atomic mass is 16.5. The summed E-state index contributed by atoms with van der Waals surface area (Å²) in [6.07, 6.45) is 2.31. The highest BCUT2D eigenvalue weighted by Gasteiger charge is 2.59. The molecule has 31 heavy (non-hydrogen) atoms. The molecule has 2 nitrogen and oxygen atoms in total. The standard InChI is InChI=1S/C29H22O2/c1-28(2)27(30)31-26-21-13-7-6-12-20(21)16-17-25(26)29(28)18-23(19-10-4-3-5-11-19)22-14-8-9-15-24(22)29/h3-18H,1-2H3. The van der Waals surface area contributed by atoms with Crippen LogP contribution in [0.25, 0.3) is 16.3 Å². The molecule has 2 aliphatic rings. The number of allylic oxidation sites excluding steroid dienone is 1. The van der Waals surface area contributed by atoms with Gasteiger partial charge in [0.25, 0.3) is 0 Å². The third kappa shape index (κ3) is 2.25. The van der Waals surface area contributed by atoms with Crippen molar-refractivity contribution < 1.29 is 9.53 Å². The van der Waals surface area contributed by atoms with Crippen molar-refractivity contribution in [1.82, 2.24) is 0 Å². The van der Waals surface area contributed by atoms with Crippen LogP contribution in [0, 0.1) is 5.41 Å². The lowest BCUT2D eigenvalue weighted by Gasteiger charge is -2.46. The molecule has 0 aromatic heterocycles. The van der Waals surface area contributed by atoms with Crippen LogP contribution in [0.5, 0.6) is 5.75 Å². The number of hydrogen-bond donors (Lipinski definition) is 0. The summed E-state index contributed by atoms with van der Waals surface area (Å²) in [5.74, 6) is 0.486. The van der Waals surface area contributed by atoms with Crippen molar-refractivity contribution in [3.63, 3.8) is 0 Å². The van der Waals surface area contributed by atoms with Crippen LogP contribution in [-0.4, -0.2) is 5.97 Å². The van der Waals surface area contributed by atoms with Crippen LogP contribution in [0.3, 0.4) is 0 Å². The van der Waals surface area contributed by atoms with E-state index in [9.17, 15) is 4.79 Å². The maximum Gasteiger partial charge on any atom is 0.318 e. The molecule has 0 bridgehead atoms. The predicted molar refractivity (Wildman–Crippen MR) is 124 cm³/mol. The first-order chi connectivity index (χ1) is 15.0. The molecule has 1 heterocycles. The molecule has 6 rings (SSSR count). The fourth-order valence-electron chi connectivity index (χ4n) is 5.41. The number of rotatable bonds is 1. The van der Waals surface area contributed by atoms with E-state index in [0.29, 0.717) is 5.75 Å². The molecule has 0 saturated heterocycles. The van der Waals surface area contributed by atoms with Gasteiger partial charge in [-0.15, -0.1) is 0 Å². The molecule has 1 aliphatic heterocycles. The molecule has 1 aliphatic carbocycles. The summed E-state index contributed by atoms with van der Waals surface area (Å²) < 4.78 is 6.03. The zero-order valence-electron chi connectivity index (χ0n) is 17.6. The van der Waals surface area contributed by atoms with Crippen molar-refractivity contribution in [2.75, 3.05) is 0 Å². The molecule has 1 spiro atoms. The molecule has 2 heteroatoms. The molecule has 0 radical (unpaired) electrons. The van der Waals surface area contributed by atoms with Crippen molar-refractivity contribution in [2.24, 2.45) is 5.41 Å². The molecule has 1 unspecified atom stereocenters. The number of carbonyl (C=O) groups is 1. The second kappa shape index (κ2) is 6.18. The highest BCUT2D eigenvalue weighted by molar-refractivity contribution is 6.00. The Morgan fingerprint density at radius 1 is 0.710 bits per heavy atom. The van der Waals surface area contributed by atoms with Crippen molar-refractivity contribution >= 4 is 22.3 Å². The van der Waals surface area contributed by atoms with Gasteiger partial charge in [-0.05, 0) is 41.5 Å². The van der Waals surface area contributed by atoms with Crippen LogP contribution in [0.4, 0.5) is 0 Å². The van der Waals surface area contributed by atoms with Crippen LogP contribution in [-0.2, 0) is 10.2 Å². The summed E-state index contributed by atoms with van der Waals surface area (Å²) in [6.45, 7) is 4.02. The first kappa shape index (κ1) is 18.1. The van der Waals surface area contributed by atoms with E-state index < -0.39 is 10.8 Å². The smallest absolute Gasteiger partial charge is 0.318 e. The fraction of sp³-hybridized carbons (Fsp3) is 0.138. The molecule has 0 fully saturated rings. The zero-order valence-corrected chi connectivity index (χ0v) is 17.6. The van der Waals surface area contributed by atoms with Crippen molar-refractivity contribution in [3.05, 3.63) is 119 Å². The predicted octanol–water partition coefficient (Wildman–Crippen LogP) is 6.52. The van der Waals surface area contributed by atoms with Crippen LogP contribution in [0.15, 0.2) is 97.1 Å². The lowest BCUT2D eigenvalue weighted by molar-refractivity contribution is -0.148. The van der Waals surface area contributed by atoms with Crippen LogP contribution in [0.2, 0.25) is 0 Å². The summed E-state index contributed by atoms with van der Waals surface area (Å²) in [4.78, 5) is 13.5. The lowest BCUT2D eigenvalue weighted by atomic mass is 9.58. The number of hydrogen-bond acceptors (Lipinski definition) is 2. The Bertz CT molecular complexity index is 1390. The SMILES string of the molecule is CC1(C)C(=O)Oc2c(ccc3ccccc23)C12C=C(c1ccccc1)c1ccccc12. The molecular weight excluding hydrogens is 380 g/mol. The van der Waals surface area contributed by atoms with Crippen LogP contribution < -0.4 is 4.74 Å². The van der Waals surface area contributed by atoms with Gasteiger partial charge in [-0.1, -0.05) is 97.1 Å². The Labute approximate surface area is 181 Å². The van der Waals surface area contributed by atoms with E-state index in [4.69, 9.17) is 4.74 Å². The maximum atomic E-state index is 13.5. The third-order valence-electron chi connectivity index (χ3n) is 7.08. The molecular formula is C29H22O2. The number of carbonyl (C=O) groups excluding carboxylic acids is 1. The summed E-state index contributed by atoms with van der Waals surface area (Å²) in [5.41, 5.74) is 4.33. The van der Waals surface area contributed by atoms with Crippen molar-refractivity contribution in [2.45, 2.75) is 19.3 Å². The largest absolute Gasteiger partial charge is 0.425 e. The highest BCUT2D eigenvalue weighted by Crippen LogP contribution is 2.61. The molecule has 0 saturated carbocycles. The van der Waals surface area contributed by atoms with E-state index in [1.807, 2.05) is 38.1 Å². The van der Waals surface area contributed by atoms with E-state index in [1.54, 1.807) is 0 Å². The van der Waals surface area contributed by atoms with Gasteiger partial charge in [-0.2, -0.15) is 0 Å². The van der Waals surface area contributed by atoms with Crippen molar-refractivity contribution in [1.29, 1.82) is 0 Å². The molecule has 150 valence electrons. The Morgan fingerprint density at radius 3 is 2.26 bits per heavy atom. The monoisotopic (exact) mass is 402 g/mol. The van der Waals surface area contributed by atoms with Gasteiger partial charge in [-0.3, -0.25) is 4.79 Å². The minimum atomic E-state index is -0.769. The fourth-order valence-corrected chi connectivity index (χ4v) is 5.41. The second-order valence-electron chi connectivity index (χ2n) is 8.96. The zero-order chi connectivity index (χ0) is 21.2. The summed E-state index contributed by atoms with van der Waals surface area (Å²) in [7, 11) is 0. The number of esters is 1. The molecule has 4 aromatic rings. The van der Waals surface area contributed by atoms with Crippen molar-refractivity contribution in [3.8, 4) is 5.75 Å². The van der Waals surface area contributed by atoms with Gasteiger partial charge in [-0.25, -0.2) is 0 Å². The summed E-state index contributed by atoms with van der Waals surface area (Å²) in [6, 6.07) is 31.3. The first-order valence-corrected chi connectivity index (χ1v) is 10.7. The quantitative estimate of drug-likeness (QED) is 0.268. The van der Waals surface area contributed by atoms with Gasteiger partial charge in [0.05, 0.1) is 10.8 Å². The lowest BCUT2D eigenvalue weighted by Crippen LogP contribution is -2.51. The summed E-state index contributed by atoms with van der Waals surface area (Å²) >= 11 is 0. The Balaban J connectivity index is 1.76. The minimum Gasteiger partial charge on any atom is -0.425 e. The maximum absolute atomic E-state index is 13.5. The molecule has 0 N–H and O–H groups in total. The summed E-state index contributed by atoms with van der Waals surface area (Å²) in [5, 5.41) is 2.05. The van der Waals surface area contributed by atoms with Gasteiger partial charge in [0, 0.05) is 10.9 Å². The van der Waals surface area contributed by atoms with E-state index in [1.165, 1.54) is 5.56 Å². The second-order valence-corrected chi connectivity index (χ2v) is 8.96. The molecule has 0 amide bonds. The van der Waals surface area contributed by atoms with Gasteiger partial charge < -0.3 is 4.74 Å². The Hall–Kier alpha value is -3.65. The number of benzene rings is 4. The van der Waals surface area contributed by atoms with Gasteiger partial charge in [0.1, 0.15) is 5.75 Å². The normalized spacial score (nSPS) is 20.8. The van der Waals surface area contributed by atoms with Crippen LogP contribution in [0.1, 0.15) is 36.1 Å². The topological polar surface area (TPSA) is 26.3 Å². The molecule has 1 atom stereocenters. The number of fused-ring (bicyclic) bond motifs is 6. The Morgan fingerprint density at radius 2 is 1.42 bits per heavy atom. The third-order valence-corrected chi connectivity index (χ3v) is 7.08. The first-order valence-electron chi connectivity index (χ1n) is 10.7. The average molecular weight is 402 g/mol. The average Bonchev–Trinajstić information content (AvgIpc) is 3.16. The number of ether oxygens (including phenoxy) is 1. The van der Waals surface area contributed by atoms with Gasteiger partial charge >= 0.3 is 5.97 Å². The van der Waals surface area contributed by atoms with Gasteiger partial charge in [0.2, 0.25) is 0 Å². The van der Waals surface area contributed by atoms with E-state index in [-0.39, 0.29) is 5.97 Å². The van der Waals surface area contributed by atoms with E-state index >= 15 is 0 Å². The minimum absolute atomic E-state index is 0.197. The van der Waals surface area contributed by atoms with E-state index in [2.05, 4.69) is 72.8 Å². The Kier molecular flexibility index (Phi) is 3.62.